The Balaban J connectivity index is 2.23. The molecular weight excluding hydrogens is 140 g/mol. The summed E-state index contributed by atoms with van der Waals surface area (Å²) in [6.45, 7) is 7.70. The Labute approximate surface area is 63.8 Å². The molecule has 1 atom stereocenters. The second-order valence-electron chi connectivity index (χ2n) is 3.71. The van der Waals surface area contributed by atoms with Crippen molar-refractivity contribution in [3.63, 3.8) is 0 Å². The zero-order valence-corrected chi connectivity index (χ0v) is 7.90. The molecule has 1 heterocycles. The van der Waals surface area contributed by atoms with E-state index in [-0.39, 0.29) is 0 Å². The predicted molar refractivity (Wildman–Crippen MR) is 45.5 cm³/mol. The standard InChI is InChI=1S/C8H14OSi/c1-10(2,3)6-4-5-8-7-9-8/h8H,5,7H2,1-3H3/t8-/m1/s1. The van der Waals surface area contributed by atoms with Gasteiger partial charge in [-0.1, -0.05) is 19.6 Å². The Morgan fingerprint density at radius 1 is 1.50 bits per heavy atom. The first kappa shape index (κ1) is 7.84. The molecule has 0 amide bonds. The van der Waals surface area contributed by atoms with Crippen LogP contribution < -0.4 is 0 Å². The molecule has 0 aromatic carbocycles. The van der Waals surface area contributed by atoms with Crippen LogP contribution in [0.25, 0.3) is 0 Å². The normalized spacial score (nSPS) is 23.3. The van der Waals surface area contributed by atoms with E-state index in [0.29, 0.717) is 6.10 Å². The minimum atomic E-state index is -1.11. The summed E-state index contributed by atoms with van der Waals surface area (Å²) >= 11 is 0. The average Bonchev–Trinajstić information content (AvgIpc) is 2.45. The van der Waals surface area contributed by atoms with Gasteiger partial charge in [0.15, 0.2) is 0 Å². The molecule has 0 bridgehead atoms. The summed E-state index contributed by atoms with van der Waals surface area (Å²) in [6, 6.07) is 0. The van der Waals surface area contributed by atoms with E-state index in [2.05, 4.69) is 31.1 Å². The van der Waals surface area contributed by atoms with Crippen molar-refractivity contribution in [1.29, 1.82) is 0 Å². The molecule has 1 nitrogen and oxygen atoms in total. The quantitative estimate of drug-likeness (QED) is 0.318. The van der Waals surface area contributed by atoms with Crippen molar-refractivity contribution in [3.8, 4) is 11.5 Å². The Bertz CT molecular complexity index is 166. The van der Waals surface area contributed by atoms with Crippen LogP contribution in [0.5, 0.6) is 0 Å². The smallest absolute Gasteiger partial charge is 0.129 e. The van der Waals surface area contributed by atoms with Crippen LogP contribution in [0.1, 0.15) is 6.42 Å². The highest BCUT2D eigenvalue weighted by molar-refractivity contribution is 6.83. The molecule has 0 radical (unpaired) electrons. The summed E-state index contributed by atoms with van der Waals surface area (Å²) in [5.41, 5.74) is 3.30. The summed E-state index contributed by atoms with van der Waals surface area (Å²) in [4.78, 5) is 0. The van der Waals surface area contributed by atoms with E-state index in [1.165, 1.54) is 0 Å². The second kappa shape index (κ2) is 2.77. The first-order chi connectivity index (χ1) is 4.58. The van der Waals surface area contributed by atoms with Crippen molar-refractivity contribution < 1.29 is 4.74 Å². The minimum absolute atomic E-state index is 0.476. The van der Waals surface area contributed by atoms with E-state index in [9.17, 15) is 0 Å². The molecular formula is C8H14OSi. The van der Waals surface area contributed by atoms with Crippen molar-refractivity contribution in [2.45, 2.75) is 32.2 Å². The predicted octanol–water partition coefficient (Wildman–Crippen LogP) is 1.66. The van der Waals surface area contributed by atoms with Gasteiger partial charge in [0.25, 0.3) is 0 Å². The van der Waals surface area contributed by atoms with Gasteiger partial charge in [0.05, 0.1) is 12.7 Å². The van der Waals surface area contributed by atoms with Crippen LogP contribution in [0.2, 0.25) is 19.6 Å². The van der Waals surface area contributed by atoms with Gasteiger partial charge < -0.3 is 4.74 Å². The third-order valence-electron chi connectivity index (χ3n) is 1.20. The van der Waals surface area contributed by atoms with Crippen LogP contribution in [0.15, 0.2) is 0 Å². The number of epoxide rings is 1. The maximum atomic E-state index is 5.04. The van der Waals surface area contributed by atoms with Gasteiger partial charge in [-0.25, -0.2) is 0 Å². The summed E-state index contributed by atoms with van der Waals surface area (Å²) in [5, 5.41) is 0. The average molecular weight is 154 g/mol. The topological polar surface area (TPSA) is 12.5 Å². The number of hydrogen-bond donors (Lipinski definition) is 0. The largest absolute Gasteiger partial charge is 0.372 e. The Morgan fingerprint density at radius 2 is 2.10 bits per heavy atom. The van der Waals surface area contributed by atoms with E-state index in [4.69, 9.17) is 4.74 Å². The molecule has 0 saturated carbocycles. The van der Waals surface area contributed by atoms with Gasteiger partial charge in [-0.15, -0.1) is 11.5 Å². The summed E-state index contributed by atoms with van der Waals surface area (Å²) in [6.07, 6.45) is 1.42. The van der Waals surface area contributed by atoms with E-state index < -0.39 is 8.07 Å². The maximum absolute atomic E-state index is 5.04. The molecule has 0 aromatic rings. The van der Waals surface area contributed by atoms with Crippen LogP contribution in [0.3, 0.4) is 0 Å². The highest BCUT2D eigenvalue weighted by Crippen LogP contribution is 2.12. The van der Waals surface area contributed by atoms with Crippen LogP contribution in [0.4, 0.5) is 0 Å². The van der Waals surface area contributed by atoms with Gasteiger partial charge in [0.2, 0.25) is 0 Å². The second-order valence-corrected chi connectivity index (χ2v) is 8.46. The molecule has 0 spiro atoms. The highest BCUT2D eigenvalue weighted by atomic mass is 28.3. The molecule has 0 unspecified atom stereocenters. The lowest BCUT2D eigenvalue weighted by Crippen LogP contribution is -2.16. The molecule has 1 rings (SSSR count). The lowest BCUT2D eigenvalue weighted by molar-refractivity contribution is 0.412. The first-order valence-corrected chi connectivity index (χ1v) is 7.19. The number of ether oxygens (including phenoxy) is 1. The van der Waals surface area contributed by atoms with E-state index in [0.717, 1.165) is 13.0 Å². The third-order valence-corrected chi connectivity index (χ3v) is 2.12. The van der Waals surface area contributed by atoms with Crippen LogP contribution in [-0.4, -0.2) is 20.8 Å². The fraction of sp³-hybridized carbons (Fsp3) is 0.750. The van der Waals surface area contributed by atoms with Gasteiger partial charge in [-0.2, -0.15) is 0 Å². The van der Waals surface area contributed by atoms with Crippen LogP contribution in [-0.2, 0) is 4.74 Å². The fourth-order valence-corrected chi connectivity index (χ4v) is 1.25. The fourth-order valence-electron chi connectivity index (χ4n) is 0.616. The molecule has 10 heavy (non-hydrogen) atoms. The van der Waals surface area contributed by atoms with Crippen LogP contribution in [0, 0.1) is 11.5 Å². The molecule has 0 N–H and O–H groups in total. The molecule has 56 valence electrons. The number of hydrogen-bond acceptors (Lipinski definition) is 1. The van der Waals surface area contributed by atoms with E-state index in [1.54, 1.807) is 0 Å². The van der Waals surface area contributed by atoms with E-state index >= 15 is 0 Å². The van der Waals surface area contributed by atoms with E-state index in [1.807, 2.05) is 0 Å². The summed E-state index contributed by atoms with van der Waals surface area (Å²) in [7, 11) is -1.11. The molecule has 1 aliphatic heterocycles. The van der Waals surface area contributed by atoms with Crippen LogP contribution >= 0.6 is 0 Å². The van der Waals surface area contributed by atoms with Crippen molar-refractivity contribution in [3.05, 3.63) is 0 Å². The maximum Gasteiger partial charge on any atom is 0.129 e. The Hall–Kier alpha value is -0.263. The lowest BCUT2D eigenvalue weighted by atomic mass is 10.4. The molecule has 0 aromatic heterocycles. The summed E-state index contributed by atoms with van der Waals surface area (Å²) < 4.78 is 5.04. The first-order valence-electron chi connectivity index (χ1n) is 3.69. The van der Waals surface area contributed by atoms with Gasteiger partial charge >= 0.3 is 0 Å². The summed E-state index contributed by atoms with van der Waals surface area (Å²) in [5.74, 6) is 3.17. The van der Waals surface area contributed by atoms with Gasteiger partial charge in [0, 0.05) is 6.42 Å². The SMILES string of the molecule is C[Si](C)(C)C#CC[C@@H]1CO1. The Morgan fingerprint density at radius 3 is 2.50 bits per heavy atom. The lowest BCUT2D eigenvalue weighted by Gasteiger charge is -2.02. The highest BCUT2D eigenvalue weighted by Gasteiger charge is 2.20. The third kappa shape index (κ3) is 3.70. The molecule has 1 aliphatic rings. The van der Waals surface area contributed by atoms with Crippen molar-refractivity contribution in [1.82, 2.24) is 0 Å². The van der Waals surface area contributed by atoms with Crippen molar-refractivity contribution >= 4 is 8.07 Å². The van der Waals surface area contributed by atoms with Crippen molar-refractivity contribution in [2.75, 3.05) is 6.61 Å². The monoisotopic (exact) mass is 154 g/mol. The molecule has 1 fully saturated rings. The van der Waals surface area contributed by atoms with Gasteiger partial charge in [-0.05, 0) is 0 Å². The molecule has 1 saturated heterocycles. The minimum Gasteiger partial charge on any atom is -0.372 e. The molecule has 0 aliphatic carbocycles. The zero-order valence-electron chi connectivity index (χ0n) is 6.90. The van der Waals surface area contributed by atoms with Gasteiger partial charge in [-0.3, -0.25) is 0 Å². The molecule has 2 heteroatoms. The number of rotatable bonds is 1. The van der Waals surface area contributed by atoms with Crippen molar-refractivity contribution in [2.24, 2.45) is 0 Å². The zero-order chi connectivity index (χ0) is 7.61. The van der Waals surface area contributed by atoms with Gasteiger partial charge in [0.1, 0.15) is 8.07 Å². The Kier molecular flexibility index (Phi) is 2.17.